The number of halogens is 1. The van der Waals surface area contributed by atoms with Crippen molar-refractivity contribution in [1.82, 2.24) is 9.97 Å². The molecular formula is C13H10FN3S2. The van der Waals surface area contributed by atoms with Crippen LogP contribution in [0.25, 0.3) is 10.2 Å². The van der Waals surface area contributed by atoms with Gasteiger partial charge in [0.05, 0.1) is 5.39 Å². The van der Waals surface area contributed by atoms with Crippen LogP contribution in [-0.2, 0) is 5.75 Å². The zero-order chi connectivity index (χ0) is 13.2. The number of thioether (sulfide) groups is 1. The van der Waals surface area contributed by atoms with E-state index in [9.17, 15) is 4.39 Å². The third-order valence-corrected chi connectivity index (χ3v) is 4.32. The summed E-state index contributed by atoms with van der Waals surface area (Å²) < 4.78 is 13.1. The van der Waals surface area contributed by atoms with E-state index in [4.69, 9.17) is 5.73 Å². The molecule has 0 aliphatic heterocycles. The highest BCUT2D eigenvalue weighted by molar-refractivity contribution is 7.98. The maximum atomic E-state index is 13.1. The molecule has 3 nitrogen and oxygen atoms in total. The maximum Gasteiger partial charge on any atom is 0.191 e. The SMILES string of the molecule is Nc1nc(SCc2cccc(F)c2)nc2sccc12. The molecule has 3 aromatic rings. The predicted octanol–water partition coefficient (Wildman–Crippen LogP) is 3.70. The van der Waals surface area contributed by atoms with Crippen molar-refractivity contribution in [2.75, 3.05) is 5.73 Å². The van der Waals surface area contributed by atoms with E-state index in [1.54, 1.807) is 6.07 Å². The van der Waals surface area contributed by atoms with Gasteiger partial charge in [0.15, 0.2) is 5.16 Å². The number of hydrogen-bond donors (Lipinski definition) is 1. The van der Waals surface area contributed by atoms with Crippen molar-refractivity contribution in [2.45, 2.75) is 10.9 Å². The van der Waals surface area contributed by atoms with Gasteiger partial charge >= 0.3 is 0 Å². The summed E-state index contributed by atoms with van der Waals surface area (Å²) in [6.45, 7) is 0. The molecule has 0 saturated carbocycles. The van der Waals surface area contributed by atoms with Crippen molar-refractivity contribution in [3.8, 4) is 0 Å². The first-order valence-electron chi connectivity index (χ1n) is 5.60. The fourth-order valence-electron chi connectivity index (χ4n) is 1.70. The Morgan fingerprint density at radius 3 is 3.00 bits per heavy atom. The number of nitrogen functional groups attached to an aromatic ring is 1. The van der Waals surface area contributed by atoms with Crippen molar-refractivity contribution >= 4 is 39.1 Å². The van der Waals surface area contributed by atoms with E-state index >= 15 is 0 Å². The number of nitrogens with two attached hydrogens (primary N) is 1. The Labute approximate surface area is 117 Å². The normalized spacial score (nSPS) is 11.0. The molecule has 0 bridgehead atoms. The van der Waals surface area contributed by atoms with Crippen LogP contribution in [0.2, 0.25) is 0 Å². The van der Waals surface area contributed by atoms with Crippen LogP contribution in [0.1, 0.15) is 5.56 Å². The van der Waals surface area contributed by atoms with Crippen LogP contribution in [0.4, 0.5) is 10.2 Å². The summed E-state index contributed by atoms with van der Waals surface area (Å²) in [5.74, 6) is 0.883. The highest BCUT2D eigenvalue weighted by Gasteiger charge is 2.07. The summed E-state index contributed by atoms with van der Waals surface area (Å²) in [5, 5.41) is 3.45. The van der Waals surface area contributed by atoms with Crippen molar-refractivity contribution < 1.29 is 4.39 Å². The molecule has 0 unspecified atom stereocenters. The van der Waals surface area contributed by atoms with Crippen LogP contribution in [0, 0.1) is 5.82 Å². The van der Waals surface area contributed by atoms with Crippen LogP contribution >= 0.6 is 23.1 Å². The molecule has 0 amide bonds. The summed E-state index contributed by atoms with van der Waals surface area (Å²) in [6, 6.07) is 8.43. The van der Waals surface area contributed by atoms with Gasteiger partial charge in [-0.2, -0.15) is 0 Å². The lowest BCUT2D eigenvalue weighted by molar-refractivity contribution is 0.626. The summed E-state index contributed by atoms with van der Waals surface area (Å²) >= 11 is 2.99. The Hall–Kier alpha value is -1.66. The summed E-state index contributed by atoms with van der Waals surface area (Å²) in [7, 11) is 0. The first-order valence-corrected chi connectivity index (χ1v) is 7.47. The van der Waals surface area contributed by atoms with Gasteiger partial charge in [-0.25, -0.2) is 14.4 Å². The van der Waals surface area contributed by atoms with E-state index in [2.05, 4.69) is 9.97 Å². The molecule has 0 spiro atoms. The summed E-state index contributed by atoms with van der Waals surface area (Å²) in [6.07, 6.45) is 0. The van der Waals surface area contributed by atoms with Gasteiger partial charge in [0.2, 0.25) is 0 Å². The van der Waals surface area contributed by atoms with Crippen molar-refractivity contribution in [2.24, 2.45) is 0 Å². The van der Waals surface area contributed by atoms with Gasteiger partial charge < -0.3 is 5.73 Å². The van der Waals surface area contributed by atoms with E-state index in [1.165, 1.54) is 35.2 Å². The molecule has 2 heterocycles. The van der Waals surface area contributed by atoms with Gasteiger partial charge in [0.25, 0.3) is 0 Å². The number of hydrogen-bond acceptors (Lipinski definition) is 5. The topological polar surface area (TPSA) is 51.8 Å². The number of fused-ring (bicyclic) bond motifs is 1. The van der Waals surface area contributed by atoms with Gasteiger partial charge in [-0.15, -0.1) is 11.3 Å². The van der Waals surface area contributed by atoms with Crippen molar-refractivity contribution in [1.29, 1.82) is 0 Å². The second-order valence-electron chi connectivity index (χ2n) is 3.95. The smallest absolute Gasteiger partial charge is 0.191 e. The van der Waals surface area contributed by atoms with E-state index in [-0.39, 0.29) is 5.82 Å². The van der Waals surface area contributed by atoms with Crippen molar-refractivity contribution in [3.63, 3.8) is 0 Å². The van der Waals surface area contributed by atoms with E-state index < -0.39 is 0 Å². The first kappa shape index (κ1) is 12.4. The molecule has 0 saturated heterocycles. The number of thiophene rings is 1. The highest BCUT2D eigenvalue weighted by Crippen LogP contribution is 2.27. The maximum absolute atomic E-state index is 13.1. The average Bonchev–Trinajstić information content (AvgIpc) is 2.85. The van der Waals surface area contributed by atoms with Crippen LogP contribution in [-0.4, -0.2) is 9.97 Å². The number of nitrogens with zero attached hydrogens (tertiary/aromatic N) is 2. The number of benzene rings is 1. The van der Waals surface area contributed by atoms with Gasteiger partial charge in [-0.05, 0) is 29.1 Å². The van der Waals surface area contributed by atoms with Gasteiger partial charge in [-0.3, -0.25) is 0 Å². The Kier molecular flexibility index (Phi) is 3.35. The van der Waals surface area contributed by atoms with Crippen molar-refractivity contribution in [3.05, 3.63) is 47.1 Å². The van der Waals surface area contributed by atoms with Gasteiger partial charge in [-0.1, -0.05) is 23.9 Å². The number of aromatic nitrogens is 2. The molecule has 0 aliphatic rings. The lowest BCUT2D eigenvalue weighted by Crippen LogP contribution is -1.95. The van der Waals surface area contributed by atoms with Crippen LogP contribution in [0.5, 0.6) is 0 Å². The van der Waals surface area contributed by atoms with Gasteiger partial charge in [0, 0.05) is 5.75 Å². The molecule has 0 atom stereocenters. The zero-order valence-electron chi connectivity index (χ0n) is 9.84. The minimum atomic E-state index is -0.229. The number of rotatable bonds is 3. The molecule has 0 radical (unpaired) electrons. The second kappa shape index (κ2) is 5.14. The molecule has 0 aliphatic carbocycles. The molecule has 96 valence electrons. The van der Waals surface area contributed by atoms with Gasteiger partial charge in [0.1, 0.15) is 16.5 Å². The Morgan fingerprint density at radius 2 is 2.16 bits per heavy atom. The molecule has 3 rings (SSSR count). The number of anilines is 1. The Bertz CT molecular complexity index is 727. The van der Waals surface area contributed by atoms with E-state index in [0.29, 0.717) is 16.7 Å². The summed E-state index contributed by atoms with van der Waals surface area (Å²) in [4.78, 5) is 9.57. The Morgan fingerprint density at radius 1 is 1.26 bits per heavy atom. The average molecular weight is 291 g/mol. The molecule has 1 aromatic carbocycles. The lowest BCUT2D eigenvalue weighted by Gasteiger charge is -2.03. The minimum absolute atomic E-state index is 0.229. The monoisotopic (exact) mass is 291 g/mol. The zero-order valence-corrected chi connectivity index (χ0v) is 11.5. The molecule has 2 aromatic heterocycles. The van der Waals surface area contributed by atoms with E-state index in [1.807, 2.05) is 17.5 Å². The quantitative estimate of drug-likeness (QED) is 0.590. The molecule has 0 fully saturated rings. The Balaban J connectivity index is 1.81. The molecule has 2 N–H and O–H groups in total. The highest BCUT2D eigenvalue weighted by atomic mass is 32.2. The van der Waals surface area contributed by atoms with Crippen LogP contribution < -0.4 is 5.73 Å². The second-order valence-corrected chi connectivity index (χ2v) is 5.79. The fraction of sp³-hybridized carbons (Fsp3) is 0.0769. The first-order chi connectivity index (χ1) is 9.22. The largest absolute Gasteiger partial charge is 0.383 e. The molecule has 6 heteroatoms. The molecular weight excluding hydrogens is 281 g/mol. The third-order valence-electron chi connectivity index (χ3n) is 2.59. The van der Waals surface area contributed by atoms with Crippen LogP contribution in [0.15, 0.2) is 40.9 Å². The fourth-order valence-corrected chi connectivity index (χ4v) is 3.32. The van der Waals surface area contributed by atoms with Crippen LogP contribution in [0.3, 0.4) is 0 Å². The molecule has 19 heavy (non-hydrogen) atoms. The minimum Gasteiger partial charge on any atom is -0.383 e. The predicted molar refractivity (Wildman–Crippen MR) is 77.8 cm³/mol. The summed E-state index contributed by atoms with van der Waals surface area (Å²) in [5.41, 5.74) is 6.78. The lowest BCUT2D eigenvalue weighted by atomic mass is 10.2. The standard InChI is InChI=1S/C13H10FN3S2/c14-9-3-1-2-8(6-9)7-19-13-16-11(15)10-4-5-18-12(10)17-13/h1-6H,7H2,(H2,15,16,17). The van der Waals surface area contributed by atoms with E-state index in [0.717, 1.165) is 15.8 Å². The third kappa shape index (κ3) is 2.69.